The topological polar surface area (TPSA) is 32.3 Å². The molecule has 4 heteroatoms. The SMILES string of the molecule is CN(c1cccc(C(=O)Nc2ccc(C(C)(C)C)cc2)c1)c1ccccc1Cl. The van der Waals surface area contributed by atoms with Gasteiger partial charge in [-0.05, 0) is 53.4 Å². The van der Waals surface area contributed by atoms with Crippen LogP contribution in [0.3, 0.4) is 0 Å². The number of rotatable bonds is 4. The molecule has 3 rings (SSSR count). The smallest absolute Gasteiger partial charge is 0.255 e. The monoisotopic (exact) mass is 392 g/mol. The van der Waals surface area contributed by atoms with Crippen molar-refractivity contribution in [1.29, 1.82) is 0 Å². The van der Waals surface area contributed by atoms with Gasteiger partial charge in [0.2, 0.25) is 0 Å². The minimum absolute atomic E-state index is 0.0835. The van der Waals surface area contributed by atoms with Crippen LogP contribution in [0.5, 0.6) is 0 Å². The predicted octanol–water partition coefficient (Wildman–Crippen LogP) is 6.66. The molecule has 0 aliphatic carbocycles. The molecule has 0 saturated heterocycles. The number of benzene rings is 3. The molecule has 3 aromatic rings. The quantitative estimate of drug-likeness (QED) is 0.538. The lowest BCUT2D eigenvalue weighted by Crippen LogP contribution is -2.15. The fraction of sp³-hybridized carbons (Fsp3) is 0.208. The number of anilines is 3. The number of carbonyl (C=O) groups excluding carboxylic acids is 1. The molecule has 0 bridgehead atoms. The second kappa shape index (κ2) is 8.07. The van der Waals surface area contributed by atoms with Gasteiger partial charge in [-0.15, -0.1) is 0 Å². The number of amides is 1. The summed E-state index contributed by atoms with van der Waals surface area (Å²) in [7, 11) is 1.93. The Hall–Kier alpha value is -2.78. The van der Waals surface area contributed by atoms with Crippen LogP contribution in [-0.4, -0.2) is 13.0 Å². The van der Waals surface area contributed by atoms with Crippen LogP contribution in [0.1, 0.15) is 36.7 Å². The van der Waals surface area contributed by atoms with Crippen LogP contribution in [0, 0.1) is 0 Å². The molecule has 0 saturated carbocycles. The van der Waals surface area contributed by atoms with Crippen LogP contribution in [-0.2, 0) is 5.41 Å². The lowest BCUT2D eigenvalue weighted by atomic mass is 9.87. The molecule has 0 spiro atoms. The van der Waals surface area contributed by atoms with Gasteiger partial charge in [-0.3, -0.25) is 4.79 Å². The third kappa shape index (κ3) is 4.55. The van der Waals surface area contributed by atoms with Crippen molar-refractivity contribution in [3.63, 3.8) is 0 Å². The second-order valence-electron chi connectivity index (χ2n) is 7.84. The zero-order valence-corrected chi connectivity index (χ0v) is 17.4. The molecule has 28 heavy (non-hydrogen) atoms. The lowest BCUT2D eigenvalue weighted by Gasteiger charge is -2.21. The number of nitrogens with one attached hydrogen (secondary N) is 1. The van der Waals surface area contributed by atoms with Crippen molar-refractivity contribution in [2.75, 3.05) is 17.3 Å². The Bertz CT molecular complexity index is 974. The molecule has 1 N–H and O–H groups in total. The largest absolute Gasteiger partial charge is 0.343 e. The number of hydrogen-bond donors (Lipinski definition) is 1. The highest BCUT2D eigenvalue weighted by molar-refractivity contribution is 6.33. The minimum atomic E-state index is -0.141. The molecule has 0 heterocycles. The second-order valence-corrected chi connectivity index (χ2v) is 8.25. The molecule has 3 nitrogen and oxygen atoms in total. The number of hydrogen-bond acceptors (Lipinski definition) is 2. The Morgan fingerprint density at radius 2 is 1.61 bits per heavy atom. The van der Waals surface area contributed by atoms with Crippen molar-refractivity contribution in [2.45, 2.75) is 26.2 Å². The van der Waals surface area contributed by atoms with Crippen molar-refractivity contribution in [1.82, 2.24) is 0 Å². The third-order valence-electron chi connectivity index (χ3n) is 4.72. The first kappa shape index (κ1) is 20.0. The maximum absolute atomic E-state index is 12.7. The zero-order valence-electron chi connectivity index (χ0n) is 16.7. The standard InChI is InChI=1S/C24H25ClN2O/c1-24(2,3)18-12-14-19(15-13-18)26-23(28)17-8-7-9-20(16-17)27(4)22-11-6-5-10-21(22)25/h5-16H,1-4H3,(H,26,28). The molecule has 0 aromatic heterocycles. The molecular weight excluding hydrogens is 368 g/mol. The zero-order chi connectivity index (χ0) is 20.3. The summed E-state index contributed by atoms with van der Waals surface area (Å²) in [6.07, 6.45) is 0. The van der Waals surface area contributed by atoms with E-state index in [4.69, 9.17) is 11.6 Å². The van der Waals surface area contributed by atoms with E-state index >= 15 is 0 Å². The van der Waals surface area contributed by atoms with Gasteiger partial charge in [-0.1, -0.05) is 62.7 Å². The summed E-state index contributed by atoms with van der Waals surface area (Å²) in [4.78, 5) is 14.7. The van der Waals surface area contributed by atoms with Gasteiger partial charge in [0, 0.05) is 24.0 Å². The summed E-state index contributed by atoms with van der Waals surface area (Å²) in [5.74, 6) is -0.141. The molecular formula is C24H25ClN2O. The van der Waals surface area contributed by atoms with Crippen molar-refractivity contribution < 1.29 is 4.79 Å². The Balaban J connectivity index is 1.78. The van der Waals surface area contributed by atoms with Gasteiger partial charge in [0.25, 0.3) is 5.91 Å². The van der Waals surface area contributed by atoms with Crippen LogP contribution in [0.2, 0.25) is 5.02 Å². The number of para-hydroxylation sites is 1. The van der Waals surface area contributed by atoms with Crippen LogP contribution < -0.4 is 10.2 Å². The summed E-state index contributed by atoms with van der Waals surface area (Å²) in [6.45, 7) is 6.50. The summed E-state index contributed by atoms with van der Waals surface area (Å²) >= 11 is 6.30. The minimum Gasteiger partial charge on any atom is -0.343 e. The number of nitrogens with zero attached hydrogens (tertiary/aromatic N) is 1. The van der Waals surface area contributed by atoms with E-state index in [1.807, 2.05) is 72.6 Å². The van der Waals surface area contributed by atoms with Crippen LogP contribution in [0.4, 0.5) is 17.1 Å². The van der Waals surface area contributed by atoms with E-state index in [1.54, 1.807) is 0 Å². The van der Waals surface area contributed by atoms with Gasteiger partial charge >= 0.3 is 0 Å². The van der Waals surface area contributed by atoms with E-state index in [1.165, 1.54) is 5.56 Å². The molecule has 0 aliphatic rings. The third-order valence-corrected chi connectivity index (χ3v) is 5.04. The Labute approximate surface area is 172 Å². The van der Waals surface area contributed by atoms with E-state index in [0.29, 0.717) is 10.6 Å². The highest BCUT2D eigenvalue weighted by atomic mass is 35.5. The Morgan fingerprint density at radius 3 is 2.25 bits per heavy atom. The lowest BCUT2D eigenvalue weighted by molar-refractivity contribution is 0.102. The average molecular weight is 393 g/mol. The summed E-state index contributed by atoms with van der Waals surface area (Å²) in [5.41, 5.74) is 4.47. The predicted molar refractivity (Wildman–Crippen MR) is 119 cm³/mol. The Kier molecular flexibility index (Phi) is 5.76. The van der Waals surface area contributed by atoms with Crippen molar-refractivity contribution in [3.05, 3.63) is 88.9 Å². The summed E-state index contributed by atoms with van der Waals surface area (Å²) < 4.78 is 0. The molecule has 1 amide bonds. The molecule has 0 atom stereocenters. The van der Waals surface area contributed by atoms with Crippen molar-refractivity contribution >= 4 is 34.6 Å². The maximum atomic E-state index is 12.7. The van der Waals surface area contributed by atoms with E-state index in [-0.39, 0.29) is 11.3 Å². The maximum Gasteiger partial charge on any atom is 0.255 e. The fourth-order valence-electron chi connectivity index (χ4n) is 2.98. The van der Waals surface area contributed by atoms with Gasteiger partial charge in [-0.25, -0.2) is 0 Å². The van der Waals surface area contributed by atoms with Gasteiger partial charge in [0.05, 0.1) is 10.7 Å². The van der Waals surface area contributed by atoms with Gasteiger partial charge in [0.1, 0.15) is 0 Å². The van der Waals surface area contributed by atoms with Gasteiger partial charge in [-0.2, -0.15) is 0 Å². The van der Waals surface area contributed by atoms with Gasteiger partial charge < -0.3 is 10.2 Å². The van der Waals surface area contributed by atoms with Crippen molar-refractivity contribution in [2.24, 2.45) is 0 Å². The van der Waals surface area contributed by atoms with E-state index < -0.39 is 0 Å². The average Bonchev–Trinajstić information content (AvgIpc) is 2.67. The van der Waals surface area contributed by atoms with E-state index in [2.05, 4.69) is 38.2 Å². The summed E-state index contributed by atoms with van der Waals surface area (Å²) in [6, 6.07) is 23.1. The first-order valence-corrected chi connectivity index (χ1v) is 9.64. The highest BCUT2D eigenvalue weighted by Crippen LogP contribution is 2.30. The molecule has 0 aliphatic heterocycles. The molecule has 144 valence electrons. The highest BCUT2D eigenvalue weighted by Gasteiger charge is 2.14. The first-order chi connectivity index (χ1) is 13.3. The van der Waals surface area contributed by atoms with Crippen LogP contribution in [0.15, 0.2) is 72.8 Å². The van der Waals surface area contributed by atoms with Crippen LogP contribution in [0.25, 0.3) is 0 Å². The van der Waals surface area contributed by atoms with Gasteiger partial charge in [0.15, 0.2) is 0 Å². The first-order valence-electron chi connectivity index (χ1n) is 9.26. The van der Waals surface area contributed by atoms with Crippen molar-refractivity contribution in [3.8, 4) is 0 Å². The molecule has 0 fully saturated rings. The fourth-order valence-corrected chi connectivity index (χ4v) is 3.24. The van der Waals surface area contributed by atoms with E-state index in [9.17, 15) is 4.79 Å². The Morgan fingerprint density at radius 1 is 0.929 bits per heavy atom. The molecule has 0 radical (unpaired) electrons. The normalized spacial score (nSPS) is 11.2. The van der Waals surface area contributed by atoms with E-state index in [0.717, 1.165) is 17.1 Å². The molecule has 3 aromatic carbocycles. The molecule has 0 unspecified atom stereocenters. The number of carbonyl (C=O) groups is 1. The summed E-state index contributed by atoms with van der Waals surface area (Å²) in [5, 5.41) is 3.64. The van der Waals surface area contributed by atoms with Crippen LogP contribution >= 0.6 is 11.6 Å². The number of halogens is 1.